The molecule has 1 aromatic carbocycles. The minimum absolute atomic E-state index is 0.0960. The topological polar surface area (TPSA) is 66.8 Å². The molecule has 1 aliphatic heterocycles. The van der Waals surface area contributed by atoms with Gasteiger partial charge in [0.1, 0.15) is 5.75 Å². The first kappa shape index (κ1) is 15.6. The normalized spacial score (nSPS) is 17.8. The highest BCUT2D eigenvalue weighted by Gasteiger charge is 2.28. The molecular formula is C15H18ClNO4. The quantitative estimate of drug-likeness (QED) is 0.908. The molecule has 1 unspecified atom stereocenters. The molecule has 1 amide bonds. The number of amides is 1. The van der Waals surface area contributed by atoms with E-state index in [2.05, 4.69) is 0 Å². The Morgan fingerprint density at radius 2 is 2.24 bits per heavy atom. The fourth-order valence-corrected chi connectivity index (χ4v) is 2.75. The maximum absolute atomic E-state index is 12.5. The number of likely N-dealkylation sites (tertiary alicyclic amines) is 1. The average Bonchev–Trinajstić information content (AvgIpc) is 2.93. The van der Waals surface area contributed by atoms with Crippen LogP contribution in [0.3, 0.4) is 0 Å². The molecule has 1 N–H and O–H groups in total. The van der Waals surface area contributed by atoms with Crippen LogP contribution in [0.2, 0.25) is 5.02 Å². The van der Waals surface area contributed by atoms with Crippen LogP contribution in [0.5, 0.6) is 5.75 Å². The molecule has 1 atom stereocenters. The number of carboxylic acids is 1. The van der Waals surface area contributed by atoms with Crippen LogP contribution in [0.1, 0.15) is 29.6 Å². The number of ether oxygens (including phenoxy) is 1. The van der Waals surface area contributed by atoms with Crippen LogP contribution in [0, 0.1) is 5.92 Å². The predicted octanol–water partition coefficient (Wildman–Crippen LogP) is 2.68. The van der Waals surface area contributed by atoms with Gasteiger partial charge in [-0.25, -0.2) is 0 Å². The monoisotopic (exact) mass is 311 g/mol. The fraction of sp³-hybridized carbons (Fsp3) is 0.467. The maximum Gasteiger partial charge on any atom is 0.303 e. The zero-order valence-electron chi connectivity index (χ0n) is 11.8. The summed E-state index contributed by atoms with van der Waals surface area (Å²) < 4.78 is 5.20. The summed E-state index contributed by atoms with van der Waals surface area (Å²) in [5, 5.41) is 9.23. The summed E-state index contributed by atoms with van der Waals surface area (Å²) in [7, 11) is 1.50. The van der Waals surface area contributed by atoms with Gasteiger partial charge in [-0.1, -0.05) is 11.6 Å². The van der Waals surface area contributed by atoms with Gasteiger partial charge in [-0.2, -0.15) is 0 Å². The van der Waals surface area contributed by atoms with Crippen LogP contribution in [-0.4, -0.2) is 42.1 Å². The molecule has 6 heteroatoms. The Morgan fingerprint density at radius 1 is 1.48 bits per heavy atom. The van der Waals surface area contributed by atoms with Gasteiger partial charge in [0.15, 0.2) is 0 Å². The second kappa shape index (κ2) is 6.80. The van der Waals surface area contributed by atoms with Gasteiger partial charge in [-0.15, -0.1) is 0 Å². The van der Waals surface area contributed by atoms with E-state index in [9.17, 15) is 9.59 Å². The number of hydrogen-bond acceptors (Lipinski definition) is 3. The van der Waals surface area contributed by atoms with Crippen molar-refractivity contribution in [3.05, 3.63) is 28.8 Å². The van der Waals surface area contributed by atoms with Gasteiger partial charge < -0.3 is 14.7 Å². The summed E-state index contributed by atoms with van der Waals surface area (Å²) in [6, 6.07) is 4.94. The second-order valence-electron chi connectivity index (χ2n) is 5.18. The Labute approximate surface area is 128 Å². The van der Waals surface area contributed by atoms with Crippen molar-refractivity contribution in [2.75, 3.05) is 20.2 Å². The molecule has 1 heterocycles. The lowest BCUT2D eigenvalue weighted by atomic mass is 10.0. The van der Waals surface area contributed by atoms with Gasteiger partial charge in [0.05, 0.1) is 12.7 Å². The van der Waals surface area contributed by atoms with Crippen molar-refractivity contribution >= 4 is 23.5 Å². The van der Waals surface area contributed by atoms with E-state index in [1.165, 1.54) is 7.11 Å². The molecule has 21 heavy (non-hydrogen) atoms. The van der Waals surface area contributed by atoms with Gasteiger partial charge in [0.25, 0.3) is 5.91 Å². The van der Waals surface area contributed by atoms with Crippen LogP contribution >= 0.6 is 11.6 Å². The summed E-state index contributed by atoms with van der Waals surface area (Å²) in [5.74, 6) is -0.176. The average molecular weight is 312 g/mol. The van der Waals surface area contributed by atoms with E-state index in [4.69, 9.17) is 21.4 Å². The molecule has 0 radical (unpaired) electrons. The van der Waals surface area contributed by atoms with E-state index in [1.807, 2.05) is 0 Å². The van der Waals surface area contributed by atoms with Crippen molar-refractivity contribution in [2.24, 2.45) is 5.92 Å². The van der Waals surface area contributed by atoms with E-state index in [0.717, 1.165) is 6.42 Å². The summed E-state index contributed by atoms with van der Waals surface area (Å²) >= 11 is 5.89. The highest BCUT2D eigenvalue weighted by molar-refractivity contribution is 6.30. The van der Waals surface area contributed by atoms with Crippen LogP contribution in [-0.2, 0) is 4.79 Å². The Bertz CT molecular complexity index is 546. The van der Waals surface area contributed by atoms with Crippen molar-refractivity contribution in [1.29, 1.82) is 0 Å². The number of carbonyl (C=O) groups is 2. The molecule has 114 valence electrons. The molecule has 0 saturated carbocycles. The largest absolute Gasteiger partial charge is 0.496 e. The van der Waals surface area contributed by atoms with Crippen LogP contribution < -0.4 is 4.74 Å². The molecule has 1 saturated heterocycles. The fourth-order valence-electron chi connectivity index (χ4n) is 2.59. The van der Waals surface area contributed by atoms with E-state index in [1.54, 1.807) is 23.1 Å². The Balaban J connectivity index is 2.03. The van der Waals surface area contributed by atoms with E-state index >= 15 is 0 Å². The van der Waals surface area contributed by atoms with Crippen molar-refractivity contribution in [3.63, 3.8) is 0 Å². The van der Waals surface area contributed by atoms with E-state index < -0.39 is 5.97 Å². The predicted molar refractivity (Wildman–Crippen MR) is 78.9 cm³/mol. The van der Waals surface area contributed by atoms with Gasteiger partial charge in [-0.05, 0) is 37.0 Å². The number of carbonyl (C=O) groups excluding carboxylic acids is 1. The number of hydrogen-bond donors (Lipinski definition) is 1. The first-order chi connectivity index (χ1) is 10.0. The van der Waals surface area contributed by atoms with E-state index in [-0.39, 0.29) is 18.2 Å². The molecule has 0 bridgehead atoms. The molecule has 0 aliphatic carbocycles. The van der Waals surface area contributed by atoms with Gasteiger partial charge in [0, 0.05) is 24.5 Å². The molecule has 2 rings (SSSR count). The summed E-state index contributed by atoms with van der Waals surface area (Å²) in [6.07, 6.45) is 1.60. The second-order valence-corrected chi connectivity index (χ2v) is 5.62. The lowest BCUT2D eigenvalue weighted by Crippen LogP contribution is -2.29. The molecule has 0 spiro atoms. The summed E-state index contributed by atoms with van der Waals surface area (Å²) in [4.78, 5) is 24.9. The van der Waals surface area contributed by atoms with Crippen molar-refractivity contribution in [2.45, 2.75) is 19.3 Å². The minimum Gasteiger partial charge on any atom is -0.496 e. The number of carboxylic acid groups (broad SMARTS) is 1. The first-order valence-corrected chi connectivity index (χ1v) is 7.23. The molecular weight excluding hydrogens is 294 g/mol. The SMILES string of the molecule is COc1cc(Cl)ccc1C(=O)N1CCC(CCC(=O)O)C1. The Kier molecular flexibility index (Phi) is 5.07. The summed E-state index contributed by atoms with van der Waals surface area (Å²) in [5.41, 5.74) is 0.487. The van der Waals surface area contributed by atoms with Crippen molar-refractivity contribution in [3.8, 4) is 5.75 Å². The smallest absolute Gasteiger partial charge is 0.303 e. The number of aliphatic carboxylic acids is 1. The lowest BCUT2D eigenvalue weighted by Gasteiger charge is -2.18. The van der Waals surface area contributed by atoms with Gasteiger partial charge in [0.2, 0.25) is 0 Å². The third kappa shape index (κ3) is 3.88. The Morgan fingerprint density at radius 3 is 2.90 bits per heavy atom. The van der Waals surface area contributed by atoms with E-state index in [0.29, 0.717) is 35.8 Å². The number of benzene rings is 1. The third-order valence-corrected chi connectivity index (χ3v) is 3.97. The van der Waals surface area contributed by atoms with Gasteiger partial charge in [-0.3, -0.25) is 9.59 Å². The van der Waals surface area contributed by atoms with Crippen molar-refractivity contribution < 1.29 is 19.4 Å². The third-order valence-electron chi connectivity index (χ3n) is 3.73. The first-order valence-electron chi connectivity index (χ1n) is 6.86. The zero-order chi connectivity index (χ0) is 15.4. The number of nitrogens with zero attached hydrogens (tertiary/aromatic N) is 1. The highest BCUT2D eigenvalue weighted by Crippen LogP contribution is 2.28. The number of rotatable bonds is 5. The lowest BCUT2D eigenvalue weighted by molar-refractivity contribution is -0.137. The van der Waals surface area contributed by atoms with Crippen LogP contribution in [0.25, 0.3) is 0 Å². The maximum atomic E-state index is 12.5. The standard InChI is InChI=1S/C15H18ClNO4/c1-21-13-8-11(16)3-4-12(13)15(20)17-7-6-10(9-17)2-5-14(18)19/h3-4,8,10H,2,5-7,9H2,1H3,(H,18,19). The van der Waals surface area contributed by atoms with Crippen LogP contribution in [0.15, 0.2) is 18.2 Å². The van der Waals surface area contributed by atoms with Gasteiger partial charge >= 0.3 is 5.97 Å². The molecule has 5 nitrogen and oxygen atoms in total. The van der Waals surface area contributed by atoms with Crippen molar-refractivity contribution in [1.82, 2.24) is 4.90 Å². The molecule has 0 aromatic heterocycles. The zero-order valence-corrected chi connectivity index (χ0v) is 12.6. The number of halogens is 1. The van der Waals surface area contributed by atoms with Crippen LogP contribution in [0.4, 0.5) is 0 Å². The number of methoxy groups -OCH3 is 1. The molecule has 1 aromatic rings. The minimum atomic E-state index is -0.792. The highest BCUT2D eigenvalue weighted by atomic mass is 35.5. The summed E-state index contributed by atoms with van der Waals surface area (Å²) in [6.45, 7) is 1.24. The molecule has 1 fully saturated rings. The Hall–Kier alpha value is -1.75. The molecule has 1 aliphatic rings.